The molecule has 0 saturated heterocycles. The van der Waals surface area contributed by atoms with Crippen LogP contribution in [0.3, 0.4) is 0 Å². The molecule has 2 heterocycles. The van der Waals surface area contributed by atoms with Gasteiger partial charge in [0.25, 0.3) is 11.8 Å². The van der Waals surface area contributed by atoms with Crippen LogP contribution >= 0.6 is 11.3 Å². The van der Waals surface area contributed by atoms with Gasteiger partial charge in [0.05, 0.1) is 16.9 Å². The highest BCUT2D eigenvalue weighted by Crippen LogP contribution is 2.35. The van der Waals surface area contributed by atoms with Gasteiger partial charge in [-0.25, -0.2) is 10.8 Å². The van der Waals surface area contributed by atoms with Crippen LogP contribution in [0.1, 0.15) is 0 Å². The van der Waals surface area contributed by atoms with E-state index >= 15 is 0 Å². The summed E-state index contributed by atoms with van der Waals surface area (Å²) in [6, 6.07) is 5.42. The van der Waals surface area contributed by atoms with E-state index in [1.54, 1.807) is 17.6 Å². The van der Waals surface area contributed by atoms with Crippen LogP contribution < -0.4 is 20.9 Å². The number of nitrogens with one attached hydrogen (secondary N) is 1. The smallest absolute Gasteiger partial charge is 0.265 e. The SMILES string of the molecule is NNC(=O)CN1C(=O)COc2ccc(-c3cscn3)cc21. The standard InChI is InChI=1S/C13H12N4O3S/c14-16-12(18)4-17-10-3-8(9-6-21-7-15-9)1-2-11(10)20-5-13(17)19/h1-3,6-7H,4-5,14H2,(H,16,18). The Kier molecular flexibility index (Phi) is 3.55. The number of rotatable bonds is 3. The van der Waals surface area contributed by atoms with Crippen molar-refractivity contribution in [3.8, 4) is 17.0 Å². The number of carbonyl (C=O) groups is 2. The molecule has 2 amide bonds. The minimum absolute atomic E-state index is 0.0963. The van der Waals surface area contributed by atoms with Crippen LogP contribution in [0.4, 0.5) is 5.69 Å². The number of nitrogens with two attached hydrogens (primary N) is 1. The predicted molar refractivity (Wildman–Crippen MR) is 77.7 cm³/mol. The molecule has 0 atom stereocenters. The zero-order valence-corrected chi connectivity index (χ0v) is 11.7. The average Bonchev–Trinajstić information content (AvgIpc) is 3.04. The van der Waals surface area contributed by atoms with Gasteiger partial charge in [0.2, 0.25) is 0 Å². The lowest BCUT2D eigenvalue weighted by atomic mass is 10.1. The maximum absolute atomic E-state index is 12.0. The number of carbonyl (C=O) groups excluding carboxylic acids is 2. The van der Waals surface area contributed by atoms with Crippen molar-refractivity contribution in [3.63, 3.8) is 0 Å². The fourth-order valence-corrected chi connectivity index (χ4v) is 2.64. The summed E-state index contributed by atoms with van der Waals surface area (Å²) in [5, 5.41) is 1.91. The molecule has 0 aliphatic carbocycles. The summed E-state index contributed by atoms with van der Waals surface area (Å²) >= 11 is 1.48. The Balaban J connectivity index is 2.00. The molecule has 3 rings (SSSR count). The highest BCUT2D eigenvalue weighted by atomic mass is 32.1. The van der Waals surface area contributed by atoms with Crippen LogP contribution in [0.15, 0.2) is 29.1 Å². The van der Waals surface area contributed by atoms with E-state index in [0.29, 0.717) is 11.4 Å². The molecule has 1 aliphatic heterocycles. The summed E-state index contributed by atoms with van der Waals surface area (Å²) in [5.74, 6) is 4.90. The van der Waals surface area contributed by atoms with Gasteiger partial charge in [0, 0.05) is 10.9 Å². The normalized spacial score (nSPS) is 13.6. The Bertz CT molecular complexity index is 687. The molecule has 1 aromatic carbocycles. The van der Waals surface area contributed by atoms with Gasteiger partial charge in [-0.1, -0.05) is 0 Å². The molecule has 108 valence electrons. The van der Waals surface area contributed by atoms with E-state index in [9.17, 15) is 9.59 Å². The first-order valence-electron chi connectivity index (χ1n) is 6.14. The van der Waals surface area contributed by atoms with Gasteiger partial charge >= 0.3 is 0 Å². The van der Waals surface area contributed by atoms with Crippen LogP contribution in [-0.4, -0.2) is 29.9 Å². The Morgan fingerprint density at radius 2 is 2.38 bits per heavy atom. The lowest BCUT2D eigenvalue weighted by Gasteiger charge is -2.29. The van der Waals surface area contributed by atoms with Crippen LogP contribution in [0, 0.1) is 0 Å². The van der Waals surface area contributed by atoms with Crippen molar-refractivity contribution >= 4 is 28.8 Å². The fourth-order valence-electron chi connectivity index (χ4n) is 2.08. The van der Waals surface area contributed by atoms with E-state index in [1.807, 2.05) is 16.9 Å². The number of nitrogens with zero attached hydrogens (tertiary/aromatic N) is 2. The molecule has 1 aliphatic rings. The number of amides is 2. The molecule has 0 radical (unpaired) electrons. The van der Waals surface area contributed by atoms with Gasteiger partial charge in [0.15, 0.2) is 6.61 Å². The molecule has 8 heteroatoms. The number of aromatic nitrogens is 1. The second-order valence-electron chi connectivity index (χ2n) is 4.39. The molecular weight excluding hydrogens is 292 g/mol. The van der Waals surface area contributed by atoms with Gasteiger partial charge in [-0.05, 0) is 18.2 Å². The quantitative estimate of drug-likeness (QED) is 0.489. The van der Waals surface area contributed by atoms with Crippen molar-refractivity contribution in [1.82, 2.24) is 10.4 Å². The van der Waals surface area contributed by atoms with E-state index in [4.69, 9.17) is 10.6 Å². The summed E-state index contributed by atoms with van der Waals surface area (Å²) in [6.45, 7) is -0.243. The van der Waals surface area contributed by atoms with Crippen molar-refractivity contribution in [2.24, 2.45) is 5.84 Å². The molecule has 0 fully saturated rings. The minimum atomic E-state index is -0.449. The van der Waals surface area contributed by atoms with Crippen molar-refractivity contribution in [1.29, 1.82) is 0 Å². The van der Waals surface area contributed by atoms with Gasteiger partial charge in [-0.2, -0.15) is 0 Å². The summed E-state index contributed by atoms with van der Waals surface area (Å²) < 4.78 is 5.38. The number of hydrogen-bond acceptors (Lipinski definition) is 6. The van der Waals surface area contributed by atoms with Gasteiger partial charge < -0.3 is 4.74 Å². The molecule has 1 aromatic heterocycles. The zero-order valence-electron chi connectivity index (χ0n) is 10.9. The van der Waals surface area contributed by atoms with Crippen LogP contribution in [-0.2, 0) is 9.59 Å². The van der Waals surface area contributed by atoms with Crippen molar-refractivity contribution in [2.75, 3.05) is 18.1 Å². The monoisotopic (exact) mass is 304 g/mol. The van der Waals surface area contributed by atoms with Gasteiger partial charge in [0.1, 0.15) is 12.3 Å². The van der Waals surface area contributed by atoms with Crippen molar-refractivity contribution < 1.29 is 14.3 Å². The molecular formula is C13H12N4O3S. The highest BCUT2D eigenvalue weighted by molar-refractivity contribution is 7.07. The molecule has 21 heavy (non-hydrogen) atoms. The third-order valence-electron chi connectivity index (χ3n) is 3.09. The third-order valence-corrected chi connectivity index (χ3v) is 3.68. The number of fused-ring (bicyclic) bond motifs is 1. The first-order valence-corrected chi connectivity index (χ1v) is 7.08. The third kappa shape index (κ3) is 2.58. The molecule has 7 nitrogen and oxygen atoms in total. The lowest BCUT2D eigenvalue weighted by molar-refractivity contribution is -0.125. The van der Waals surface area contributed by atoms with Gasteiger partial charge in [-0.3, -0.25) is 19.9 Å². The fraction of sp³-hybridized carbons (Fsp3) is 0.154. The average molecular weight is 304 g/mol. The molecule has 0 unspecified atom stereocenters. The number of ether oxygens (including phenoxy) is 1. The van der Waals surface area contributed by atoms with Crippen LogP contribution in [0.25, 0.3) is 11.3 Å². The zero-order chi connectivity index (χ0) is 14.8. The number of anilines is 1. The van der Waals surface area contributed by atoms with E-state index in [1.165, 1.54) is 16.2 Å². The summed E-state index contributed by atoms with van der Waals surface area (Å²) in [6.07, 6.45) is 0. The minimum Gasteiger partial charge on any atom is -0.482 e. The topological polar surface area (TPSA) is 97.6 Å². The first kappa shape index (κ1) is 13.5. The highest BCUT2D eigenvalue weighted by Gasteiger charge is 2.27. The Hall–Kier alpha value is -2.45. The summed E-state index contributed by atoms with van der Waals surface area (Å²) in [5.41, 5.74) is 5.96. The van der Waals surface area contributed by atoms with Crippen molar-refractivity contribution in [3.05, 3.63) is 29.1 Å². The maximum Gasteiger partial charge on any atom is 0.265 e. The maximum atomic E-state index is 12.0. The molecule has 0 saturated carbocycles. The number of hydrogen-bond donors (Lipinski definition) is 2. The molecule has 3 N–H and O–H groups in total. The predicted octanol–water partition coefficient (Wildman–Crippen LogP) is 0.525. The summed E-state index contributed by atoms with van der Waals surface area (Å²) in [4.78, 5) is 29.0. The van der Waals surface area contributed by atoms with E-state index in [0.717, 1.165) is 11.3 Å². The Labute approximate surface area is 124 Å². The van der Waals surface area contributed by atoms with Crippen LogP contribution in [0.5, 0.6) is 5.75 Å². The van der Waals surface area contributed by atoms with E-state index < -0.39 is 5.91 Å². The molecule has 0 spiro atoms. The van der Waals surface area contributed by atoms with Gasteiger partial charge in [-0.15, -0.1) is 11.3 Å². The summed E-state index contributed by atoms with van der Waals surface area (Å²) in [7, 11) is 0. The van der Waals surface area contributed by atoms with Crippen molar-refractivity contribution in [2.45, 2.75) is 0 Å². The molecule has 0 bridgehead atoms. The first-order chi connectivity index (χ1) is 10.2. The second kappa shape index (κ2) is 5.51. The lowest BCUT2D eigenvalue weighted by Crippen LogP contribution is -2.46. The number of benzene rings is 1. The Morgan fingerprint density at radius 1 is 1.52 bits per heavy atom. The number of hydrazine groups is 1. The Morgan fingerprint density at radius 3 is 3.10 bits per heavy atom. The number of thiazole rings is 1. The second-order valence-corrected chi connectivity index (χ2v) is 5.11. The van der Waals surface area contributed by atoms with Crippen LogP contribution in [0.2, 0.25) is 0 Å². The van der Waals surface area contributed by atoms with E-state index in [2.05, 4.69) is 4.98 Å². The largest absolute Gasteiger partial charge is 0.482 e. The van der Waals surface area contributed by atoms with E-state index in [-0.39, 0.29) is 19.1 Å². The molecule has 2 aromatic rings.